The SMILES string of the molecule is Cc1ccc(NC(=O)Nc2ccccc2)cc1NC(=O)c1cccc(N2CCCC2=O)c1. The zero-order valence-corrected chi connectivity index (χ0v) is 17.7. The van der Waals surface area contributed by atoms with Crippen molar-refractivity contribution >= 4 is 40.6 Å². The average Bonchev–Trinajstić information content (AvgIpc) is 3.22. The van der Waals surface area contributed by atoms with Gasteiger partial charge in [0.05, 0.1) is 0 Å². The van der Waals surface area contributed by atoms with E-state index in [0.717, 1.165) is 17.7 Å². The van der Waals surface area contributed by atoms with Crippen molar-refractivity contribution in [2.24, 2.45) is 0 Å². The Bertz CT molecular complexity index is 1160. The fraction of sp³-hybridized carbons (Fsp3) is 0.160. The molecule has 1 aliphatic rings. The largest absolute Gasteiger partial charge is 0.323 e. The lowest BCUT2D eigenvalue weighted by Crippen LogP contribution is -2.24. The van der Waals surface area contributed by atoms with Crippen molar-refractivity contribution < 1.29 is 14.4 Å². The smallest absolute Gasteiger partial charge is 0.322 e. The van der Waals surface area contributed by atoms with E-state index in [1.54, 1.807) is 47.4 Å². The van der Waals surface area contributed by atoms with E-state index in [1.165, 1.54) is 0 Å². The van der Waals surface area contributed by atoms with Crippen molar-refractivity contribution in [3.05, 3.63) is 83.9 Å². The first-order chi connectivity index (χ1) is 15.5. The first-order valence-electron chi connectivity index (χ1n) is 10.4. The van der Waals surface area contributed by atoms with E-state index in [-0.39, 0.29) is 17.8 Å². The molecule has 0 aliphatic carbocycles. The molecule has 0 unspecified atom stereocenters. The number of nitrogens with one attached hydrogen (secondary N) is 3. The van der Waals surface area contributed by atoms with Gasteiger partial charge in [0, 0.05) is 41.3 Å². The number of benzene rings is 3. The van der Waals surface area contributed by atoms with E-state index in [4.69, 9.17) is 0 Å². The van der Waals surface area contributed by atoms with Gasteiger partial charge in [0.15, 0.2) is 0 Å². The summed E-state index contributed by atoms with van der Waals surface area (Å²) in [5, 5.41) is 8.44. The molecule has 1 aliphatic heterocycles. The van der Waals surface area contributed by atoms with E-state index in [2.05, 4.69) is 16.0 Å². The third-order valence-corrected chi connectivity index (χ3v) is 5.27. The van der Waals surface area contributed by atoms with Gasteiger partial charge in [-0.2, -0.15) is 0 Å². The van der Waals surface area contributed by atoms with Crippen LogP contribution in [0, 0.1) is 6.92 Å². The highest BCUT2D eigenvalue weighted by Gasteiger charge is 2.22. The highest BCUT2D eigenvalue weighted by atomic mass is 16.2. The maximum absolute atomic E-state index is 12.9. The summed E-state index contributed by atoms with van der Waals surface area (Å²) in [4.78, 5) is 38.9. The second kappa shape index (κ2) is 9.34. The van der Waals surface area contributed by atoms with Crippen molar-refractivity contribution in [1.82, 2.24) is 0 Å². The standard InChI is InChI=1S/C25H24N4O3/c1-17-12-13-20(27-25(32)26-19-8-3-2-4-9-19)16-22(17)28-24(31)18-7-5-10-21(15-18)29-14-6-11-23(29)30/h2-5,7-10,12-13,15-16H,6,11,14H2,1H3,(H,28,31)(H2,26,27,32). The molecular weight excluding hydrogens is 404 g/mol. The highest BCUT2D eigenvalue weighted by Crippen LogP contribution is 2.24. The molecule has 1 heterocycles. The van der Waals surface area contributed by atoms with Crippen LogP contribution in [0.4, 0.5) is 27.5 Å². The number of carbonyl (C=O) groups excluding carboxylic acids is 3. The summed E-state index contributed by atoms with van der Waals surface area (Å²) >= 11 is 0. The molecule has 7 heteroatoms. The van der Waals surface area contributed by atoms with Gasteiger partial charge in [-0.3, -0.25) is 9.59 Å². The van der Waals surface area contributed by atoms with Gasteiger partial charge in [0.25, 0.3) is 5.91 Å². The lowest BCUT2D eigenvalue weighted by Gasteiger charge is -2.17. The molecule has 7 nitrogen and oxygen atoms in total. The monoisotopic (exact) mass is 428 g/mol. The van der Waals surface area contributed by atoms with Crippen LogP contribution >= 0.6 is 0 Å². The van der Waals surface area contributed by atoms with Crippen LogP contribution in [0.2, 0.25) is 0 Å². The van der Waals surface area contributed by atoms with E-state index in [9.17, 15) is 14.4 Å². The molecule has 0 atom stereocenters. The second-order valence-corrected chi connectivity index (χ2v) is 7.63. The van der Waals surface area contributed by atoms with Crippen molar-refractivity contribution in [2.75, 3.05) is 27.4 Å². The first-order valence-corrected chi connectivity index (χ1v) is 10.4. The van der Waals surface area contributed by atoms with Gasteiger partial charge in [-0.05, 0) is 61.4 Å². The minimum Gasteiger partial charge on any atom is -0.322 e. The van der Waals surface area contributed by atoms with Gasteiger partial charge in [-0.25, -0.2) is 4.79 Å². The summed E-state index contributed by atoms with van der Waals surface area (Å²) in [6.07, 6.45) is 1.36. The molecule has 0 bridgehead atoms. The molecule has 4 rings (SSSR count). The van der Waals surface area contributed by atoms with Crippen molar-refractivity contribution in [3.63, 3.8) is 0 Å². The molecule has 3 aromatic rings. The molecule has 3 N–H and O–H groups in total. The summed E-state index contributed by atoms with van der Waals surface area (Å²) < 4.78 is 0. The maximum Gasteiger partial charge on any atom is 0.323 e. The van der Waals surface area contributed by atoms with Crippen LogP contribution in [0.5, 0.6) is 0 Å². The quantitative estimate of drug-likeness (QED) is 0.533. The van der Waals surface area contributed by atoms with E-state index in [0.29, 0.717) is 35.6 Å². The van der Waals surface area contributed by atoms with E-state index >= 15 is 0 Å². The number of urea groups is 1. The van der Waals surface area contributed by atoms with Gasteiger partial charge >= 0.3 is 6.03 Å². The third-order valence-electron chi connectivity index (χ3n) is 5.27. The number of amides is 4. The Hall–Kier alpha value is -4.13. The summed E-state index contributed by atoms with van der Waals surface area (Å²) in [7, 11) is 0. The number of aryl methyl sites for hydroxylation is 1. The van der Waals surface area contributed by atoms with Gasteiger partial charge in [-0.1, -0.05) is 30.3 Å². The number of nitrogens with zero attached hydrogens (tertiary/aromatic N) is 1. The summed E-state index contributed by atoms with van der Waals surface area (Å²) in [5.41, 5.74) is 3.87. The molecule has 3 aromatic carbocycles. The lowest BCUT2D eigenvalue weighted by molar-refractivity contribution is -0.117. The lowest BCUT2D eigenvalue weighted by atomic mass is 10.1. The molecule has 162 valence electrons. The topological polar surface area (TPSA) is 90.5 Å². The molecule has 1 fully saturated rings. The predicted molar refractivity (Wildman–Crippen MR) is 126 cm³/mol. The predicted octanol–water partition coefficient (Wildman–Crippen LogP) is 5.02. The Balaban J connectivity index is 1.45. The second-order valence-electron chi connectivity index (χ2n) is 7.63. The van der Waals surface area contributed by atoms with Gasteiger partial charge in [0.2, 0.25) is 5.91 Å². The van der Waals surface area contributed by atoms with Crippen LogP contribution in [-0.4, -0.2) is 24.4 Å². The molecule has 4 amide bonds. The van der Waals surface area contributed by atoms with Crippen LogP contribution in [0.25, 0.3) is 0 Å². The van der Waals surface area contributed by atoms with Gasteiger partial charge < -0.3 is 20.9 Å². The Kier molecular flexibility index (Phi) is 6.17. The number of hydrogen-bond donors (Lipinski definition) is 3. The molecule has 0 radical (unpaired) electrons. The molecule has 1 saturated heterocycles. The fourth-order valence-corrected chi connectivity index (χ4v) is 3.58. The number of anilines is 4. The summed E-state index contributed by atoms with van der Waals surface area (Å²) in [6.45, 7) is 2.55. The Labute approximate surface area is 186 Å². The van der Waals surface area contributed by atoms with Crippen LogP contribution in [0.1, 0.15) is 28.8 Å². The molecule has 32 heavy (non-hydrogen) atoms. The van der Waals surface area contributed by atoms with Crippen LogP contribution < -0.4 is 20.9 Å². The molecule has 0 spiro atoms. The summed E-state index contributed by atoms with van der Waals surface area (Å²) in [5.74, 6) is -0.210. The van der Waals surface area contributed by atoms with Crippen molar-refractivity contribution in [3.8, 4) is 0 Å². The Morgan fingerprint density at radius 3 is 2.38 bits per heavy atom. The Morgan fingerprint density at radius 1 is 0.844 bits per heavy atom. The number of carbonyl (C=O) groups is 3. The number of hydrogen-bond acceptors (Lipinski definition) is 3. The first kappa shape index (κ1) is 21.1. The normalized spacial score (nSPS) is 13.0. The van der Waals surface area contributed by atoms with Crippen molar-refractivity contribution in [1.29, 1.82) is 0 Å². The minimum atomic E-state index is -0.375. The maximum atomic E-state index is 12.9. The van der Waals surface area contributed by atoms with E-state index in [1.807, 2.05) is 37.3 Å². The molecular formula is C25H24N4O3. The van der Waals surface area contributed by atoms with Crippen LogP contribution in [0.3, 0.4) is 0 Å². The zero-order valence-electron chi connectivity index (χ0n) is 17.7. The average molecular weight is 428 g/mol. The molecule has 0 saturated carbocycles. The van der Waals surface area contributed by atoms with Crippen LogP contribution in [0.15, 0.2) is 72.8 Å². The van der Waals surface area contributed by atoms with Gasteiger partial charge in [0.1, 0.15) is 0 Å². The highest BCUT2D eigenvalue weighted by molar-refractivity contribution is 6.07. The fourth-order valence-electron chi connectivity index (χ4n) is 3.58. The van der Waals surface area contributed by atoms with Crippen molar-refractivity contribution in [2.45, 2.75) is 19.8 Å². The Morgan fingerprint density at radius 2 is 1.62 bits per heavy atom. The van der Waals surface area contributed by atoms with E-state index < -0.39 is 0 Å². The minimum absolute atomic E-state index is 0.0750. The number of rotatable bonds is 5. The molecule has 0 aromatic heterocycles. The van der Waals surface area contributed by atoms with Crippen LogP contribution in [-0.2, 0) is 4.79 Å². The van der Waals surface area contributed by atoms with Gasteiger partial charge in [-0.15, -0.1) is 0 Å². The zero-order chi connectivity index (χ0) is 22.5. The third kappa shape index (κ3) is 4.95. The number of para-hydroxylation sites is 1. The summed E-state index contributed by atoms with van der Waals surface area (Å²) in [6, 6.07) is 21.1.